The van der Waals surface area contributed by atoms with E-state index >= 15 is 0 Å². The third kappa shape index (κ3) is 5.31. The fraction of sp³-hybridized carbons (Fsp3) is 1.00. The van der Waals surface area contributed by atoms with Crippen LogP contribution in [0, 0.1) is 5.92 Å². The Labute approximate surface area is 101 Å². The maximum absolute atomic E-state index is 11.7. The number of alkyl halides is 1. The second kappa shape index (κ2) is 5.64. The van der Waals surface area contributed by atoms with Crippen molar-refractivity contribution < 1.29 is 8.42 Å². The van der Waals surface area contributed by atoms with E-state index < -0.39 is 10.0 Å². The van der Waals surface area contributed by atoms with E-state index in [1.165, 1.54) is 0 Å². The lowest BCUT2D eigenvalue weighted by atomic mass is 9.96. The molecule has 0 amide bonds. The Morgan fingerprint density at radius 1 is 1.27 bits per heavy atom. The number of hydrogen-bond acceptors (Lipinski definition) is 2. The van der Waals surface area contributed by atoms with Gasteiger partial charge in [-0.15, -0.1) is 0 Å². The minimum absolute atomic E-state index is 0.155. The lowest BCUT2D eigenvalue weighted by Crippen LogP contribution is -2.39. The van der Waals surface area contributed by atoms with Crippen LogP contribution in [0.3, 0.4) is 0 Å². The molecule has 1 fully saturated rings. The summed E-state index contributed by atoms with van der Waals surface area (Å²) < 4.78 is 26.1. The first-order chi connectivity index (χ1) is 6.89. The molecular formula is C10H20BrNO2S. The van der Waals surface area contributed by atoms with Crippen LogP contribution in [0.4, 0.5) is 0 Å². The number of halogens is 1. The molecule has 0 aromatic heterocycles. The van der Waals surface area contributed by atoms with Crippen molar-refractivity contribution in [2.45, 2.75) is 50.4 Å². The molecule has 5 heteroatoms. The Morgan fingerprint density at radius 2 is 1.80 bits per heavy atom. The van der Waals surface area contributed by atoms with Crippen molar-refractivity contribution in [3.63, 3.8) is 0 Å². The van der Waals surface area contributed by atoms with Crippen LogP contribution in [-0.2, 0) is 10.0 Å². The first kappa shape index (κ1) is 13.5. The van der Waals surface area contributed by atoms with Crippen LogP contribution in [0.15, 0.2) is 0 Å². The number of hydrogen-bond donors (Lipinski definition) is 1. The van der Waals surface area contributed by atoms with E-state index in [2.05, 4.69) is 20.7 Å². The molecular weight excluding hydrogens is 278 g/mol. The molecule has 0 aromatic rings. The molecule has 0 atom stereocenters. The van der Waals surface area contributed by atoms with Gasteiger partial charge >= 0.3 is 0 Å². The average molecular weight is 298 g/mol. The van der Waals surface area contributed by atoms with Gasteiger partial charge in [-0.2, -0.15) is 0 Å². The van der Waals surface area contributed by atoms with Crippen LogP contribution in [-0.4, -0.2) is 25.0 Å². The van der Waals surface area contributed by atoms with Crippen LogP contribution in [0.25, 0.3) is 0 Å². The van der Waals surface area contributed by atoms with Gasteiger partial charge in [0.25, 0.3) is 0 Å². The summed E-state index contributed by atoms with van der Waals surface area (Å²) in [6.45, 7) is 3.85. The second-order valence-corrected chi connectivity index (χ2v) is 7.84. The van der Waals surface area contributed by atoms with Crippen molar-refractivity contribution in [1.29, 1.82) is 0 Å². The van der Waals surface area contributed by atoms with Gasteiger partial charge in [0.1, 0.15) is 0 Å². The topological polar surface area (TPSA) is 46.2 Å². The quantitative estimate of drug-likeness (QED) is 0.809. The summed E-state index contributed by atoms with van der Waals surface area (Å²) in [5.41, 5.74) is 0. The Morgan fingerprint density at radius 3 is 2.27 bits per heavy atom. The largest absolute Gasteiger partial charge is 0.212 e. The zero-order valence-electron chi connectivity index (χ0n) is 9.37. The second-order valence-electron chi connectivity index (χ2n) is 4.74. The van der Waals surface area contributed by atoms with Crippen molar-refractivity contribution in [2.24, 2.45) is 5.92 Å². The van der Waals surface area contributed by atoms with E-state index in [0.717, 1.165) is 25.7 Å². The molecule has 1 N–H and O–H groups in total. The first-order valence-electron chi connectivity index (χ1n) is 5.53. The molecule has 1 saturated carbocycles. The standard InChI is InChI=1S/C10H20BrNO2S/c1-8(2)7-15(13,14)12-10-5-3-9(11)4-6-10/h8-10,12H,3-7H2,1-2H3. The molecule has 0 bridgehead atoms. The molecule has 1 aliphatic carbocycles. The van der Waals surface area contributed by atoms with E-state index in [9.17, 15) is 8.42 Å². The zero-order chi connectivity index (χ0) is 11.5. The molecule has 0 saturated heterocycles. The van der Waals surface area contributed by atoms with Crippen molar-refractivity contribution >= 4 is 26.0 Å². The highest BCUT2D eigenvalue weighted by molar-refractivity contribution is 9.09. The summed E-state index contributed by atoms with van der Waals surface area (Å²) in [5, 5.41) is 0. The number of nitrogens with one attached hydrogen (secondary N) is 1. The van der Waals surface area contributed by atoms with E-state index in [1.54, 1.807) is 0 Å². The highest BCUT2D eigenvalue weighted by Crippen LogP contribution is 2.24. The van der Waals surface area contributed by atoms with Crippen LogP contribution in [0.5, 0.6) is 0 Å². The Hall–Kier alpha value is 0.390. The molecule has 0 heterocycles. The SMILES string of the molecule is CC(C)CS(=O)(=O)NC1CCC(Br)CC1. The molecule has 3 nitrogen and oxygen atoms in total. The summed E-state index contributed by atoms with van der Waals surface area (Å²) in [4.78, 5) is 0.573. The highest BCUT2D eigenvalue weighted by Gasteiger charge is 2.23. The predicted octanol–water partition coefficient (Wildman–Crippen LogP) is 2.27. The Balaban J connectivity index is 2.41. The lowest BCUT2D eigenvalue weighted by molar-refractivity contribution is 0.421. The van der Waals surface area contributed by atoms with Crippen molar-refractivity contribution in [2.75, 3.05) is 5.75 Å². The van der Waals surface area contributed by atoms with Crippen molar-refractivity contribution in [1.82, 2.24) is 4.72 Å². The van der Waals surface area contributed by atoms with Gasteiger partial charge < -0.3 is 0 Å². The van der Waals surface area contributed by atoms with Gasteiger partial charge in [0.15, 0.2) is 0 Å². The van der Waals surface area contributed by atoms with Gasteiger partial charge in [0.05, 0.1) is 5.75 Å². The highest BCUT2D eigenvalue weighted by atomic mass is 79.9. The fourth-order valence-corrected chi connectivity index (χ4v) is 4.16. The molecule has 0 aliphatic heterocycles. The van der Waals surface area contributed by atoms with Crippen LogP contribution in [0.1, 0.15) is 39.5 Å². The van der Waals surface area contributed by atoms with Gasteiger partial charge in [0, 0.05) is 10.9 Å². The van der Waals surface area contributed by atoms with Crippen LogP contribution < -0.4 is 4.72 Å². The van der Waals surface area contributed by atoms with Crippen molar-refractivity contribution in [3.05, 3.63) is 0 Å². The third-order valence-electron chi connectivity index (χ3n) is 2.56. The minimum Gasteiger partial charge on any atom is -0.212 e. The minimum atomic E-state index is -3.06. The molecule has 1 aliphatic rings. The third-order valence-corrected chi connectivity index (χ3v) is 5.27. The van der Waals surface area contributed by atoms with Crippen LogP contribution in [0.2, 0.25) is 0 Å². The van der Waals surface area contributed by atoms with Gasteiger partial charge in [-0.25, -0.2) is 13.1 Å². The molecule has 15 heavy (non-hydrogen) atoms. The Bertz CT molecular complexity index is 282. The van der Waals surface area contributed by atoms with Gasteiger partial charge in [0.2, 0.25) is 10.0 Å². The van der Waals surface area contributed by atoms with Gasteiger partial charge in [-0.05, 0) is 31.6 Å². The molecule has 1 rings (SSSR count). The maximum atomic E-state index is 11.7. The summed E-state index contributed by atoms with van der Waals surface area (Å²) in [5.74, 6) is 0.427. The van der Waals surface area contributed by atoms with Gasteiger partial charge in [-0.1, -0.05) is 29.8 Å². The fourth-order valence-electron chi connectivity index (χ4n) is 1.91. The average Bonchev–Trinajstić information content (AvgIpc) is 2.06. The molecule has 90 valence electrons. The maximum Gasteiger partial charge on any atom is 0.212 e. The summed E-state index contributed by atoms with van der Waals surface area (Å²) in [6.07, 6.45) is 4.03. The normalized spacial score (nSPS) is 28.3. The van der Waals surface area contributed by atoms with Crippen molar-refractivity contribution in [3.8, 4) is 0 Å². The van der Waals surface area contributed by atoms with Gasteiger partial charge in [-0.3, -0.25) is 0 Å². The van der Waals surface area contributed by atoms with Crippen LogP contribution >= 0.6 is 15.9 Å². The Kier molecular flexibility index (Phi) is 5.06. The molecule has 0 unspecified atom stereocenters. The number of sulfonamides is 1. The first-order valence-corrected chi connectivity index (χ1v) is 8.10. The molecule has 0 radical (unpaired) electrons. The number of rotatable bonds is 4. The van der Waals surface area contributed by atoms with E-state index in [-0.39, 0.29) is 17.7 Å². The molecule has 0 spiro atoms. The monoisotopic (exact) mass is 297 g/mol. The van der Waals surface area contributed by atoms with E-state index in [0.29, 0.717) is 4.83 Å². The summed E-state index contributed by atoms with van der Waals surface area (Å²) >= 11 is 3.56. The lowest BCUT2D eigenvalue weighted by Gasteiger charge is -2.26. The predicted molar refractivity (Wildman–Crippen MR) is 66.7 cm³/mol. The van der Waals surface area contributed by atoms with E-state index in [4.69, 9.17) is 0 Å². The smallest absolute Gasteiger partial charge is 0.212 e. The summed E-state index contributed by atoms with van der Waals surface area (Å²) in [7, 11) is -3.06. The summed E-state index contributed by atoms with van der Waals surface area (Å²) in [6, 6.07) is 0.155. The molecule has 0 aromatic carbocycles. The van der Waals surface area contributed by atoms with E-state index in [1.807, 2.05) is 13.8 Å². The zero-order valence-corrected chi connectivity index (χ0v) is 11.8.